The smallest absolute Gasteiger partial charge is 0.138 e. The van der Waals surface area contributed by atoms with Gasteiger partial charge in [0.1, 0.15) is 17.9 Å². The maximum atomic E-state index is 5.64. The number of imidazole rings is 1. The standard InChI is InChI=1S/C21H24N4O/c1-16-6-3-7-17(21(16)26-2)14-24-12-5-9-19(24)18-8-4-10-20(23-18)25-13-11-22-15-25/h3-4,6-8,10-11,13,15,19H,5,9,12,14H2,1-2H3/t19-/m1/s1. The number of likely N-dealkylation sites (tertiary alicyclic amines) is 1. The second kappa shape index (κ2) is 7.30. The van der Waals surface area contributed by atoms with E-state index in [1.807, 2.05) is 16.8 Å². The lowest BCUT2D eigenvalue weighted by molar-refractivity contribution is 0.240. The van der Waals surface area contributed by atoms with Gasteiger partial charge in [-0.15, -0.1) is 0 Å². The third-order valence-electron chi connectivity index (χ3n) is 5.10. The van der Waals surface area contributed by atoms with Crippen molar-refractivity contribution in [2.24, 2.45) is 0 Å². The summed E-state index contributed by atoms with van der Waals surface area (Å²) in [6, 6.07) is 12.9. The lowest BCUT2D eigenvalue weighted by Gasteiger charge is -2.25. The molecule has 0 spiro atoms. The molecule has 1 atom stereocenters. The number of para-hydroxylation sites is 1. The molecule has 0 radical (unpaired) electrons. The summed E-state index contributed by atoms with van der Waals surface area (Å²) in [6.07, 6.45) is 7.82. The molecule has 1 aromatic carbocycles. The first-order valence-electron chi connectivity index (χ1n) is 9.08. The molecule has 0 N–H and O–H groups in total. The van der Waals surface area contributed by atoms with Crippen molar-refractivity contribution in [1.82, 2.24) is 19.4 Å². The molecule has 0 aliphatic carbocycles. The van der Waals surface area contributed by atoms with Gasteiger partial charge < -0.3 is 4.74 Å². The van der Waals surface area contributed by atoms with Crippen LogP contribution in [0.2, 0.25) is 0 Å². The topological polar surface area (TPSA) is 43.2 Å². The van der Waals surface area contributed by atoms with E-state index in [-0.39, 0.29) is 0 Å². The van der Waals surface area contributed by atoms with Crippen molar-refractivity contribution < 1.29 is 4.74 Å². The molecule has 4 rings (SSSR count). The summed E-state index contributed by atoms with van der Waals surface area (Å²) in [5.74, 6) is 1.92. The van der Waals surface area contributed by atoms with Crippen molar-refractivity contribution in [3.8, 4) is 11.6 Å². The molecule has 0 amide bonds. The third kappa shape index (κ3) is 3.22. The van der Waals surface area contributed by atoms with E-state index in [4.69, 9.17) is 9.72 Å². The van der Waals surface area contributed by atoms with Gasteiger partial charge in [-0.3, -0.25) is 9.47 Å². The molecule has 3 aromatic rings. The minimum absolute atomic E-state index is 0.337. The van der Waals surface area contributed by atoms with Crippen molar-refractivity contribution in [2.75, 3.05) is 13.7 Å². The summed E-state index contributed by atoms with van der Waals surface area (Å²) in [5.41, 5.74) is 3.55. The fourth-order valence-electron chi connectivity index (χ4n) is 3.86. The van der Waals surface area contributed by atoms with Gasteiger partial charge in [0.25, 0.3) is 0 Å². The summed E-state index contributed by atoms with van der Waals surface area (Å²) < 4.78 is 7.59. The number of benzene rings is 1. The van der Waals surface area contributed by atoms with E-state index in [9.17, 15) is 0 Å². The van der Waals surface area contributed by atoms with Gasteiger partial charge in [-0.2, -0.15) is 0 Å². The molecule has 0 bridgehead atoms. The number of rotatable bonds is 5. The Hall–Kier alpha value is -2.66. The van der Waals surface area contributed by atoms with Gasteiger partial charge in [0.2, 0.25) is 0 Å². The average molecular weight is 348 g/mol. The van der Waals surface area contributed by atoms with Crippen LogP contribution < -0.4 is 4.74 Å². The van der Waals surface area contributed by atoms with E-state index in [1.54, 1.807) is 19.6 Å². The Morgan fingerprint density at radius 3 is 2.88 bits per heavy atom. The number of aryl methyl sites for hydroxylation is 1. The highest BCUT2D eigenvalue weighted by atomic mass is 16.5. The zero-order valence-corrected chi connectivity index (χ0v) is 15.3. The number of nitrogens with zero attached hydrogens (tertiary/aromatic N) is 4. The summed E-state index contributed by atoms with van der Waals surface area (Å²) in [6.45, 7) is 4.06. The van der Waals surface area contributed by atoms with Crippen molar-refractivity contribution >= 4 is 0 Å². The van der Waals surface area contributed by atoms with E-state index in [1.165, 1.54) is 17.5 Å². The average Bonchev–Trinajstić information content (AvgIpc) is 3.34. The molecule has 134 valence electrons. The van der Waals surface area contributed by atoms with Crippen LogP contribution in [0, 0.1) is 6.92 Å². The van der Waals surface area contributed by atoms with E-state index < -0.39 is 0 Å². The Balaban J connectivity index is 1.60. The molecular formula is C21H24N4O. The highest BCUT2D eigenvalue weighted by Gasteiger charge is 2.28. The number of hydrogen-bond donors (Lipinski definition) is 0. The maximum Gasteiger partial charge on any atom is 0.138 e. The summed E-state index contributed by atoms with van der Waals surface area (Å²) in [4.78, 5) is 11.5. The number of aromatic nitrogens is 3. The zero-order valence-electron chi connectivity index (χ0n) is 15.3. The van der Waals surface area contributed by atoms with Gasteiger partial charge in [0.15, 0.2) is 0 Å². The predicted octanol–water partition coefficient (Wildman–Crippen LogP) is 3.92. The lowest BCUT2D eigenvalue weighted by atomic mass is 10.1. The molecular weight excluding hydrogens is 324 g/mol. The zero-order chi connectivity index (χ0) is 17.9. The second-order valence-electron chi connectivity index (χ2n) is 6.79. The quantitative estimate of drug-likeness (QED) is 0.701. The van der Waals surface area contributed by atoms with Crippen molar-refractivity contribution in [2.45, 2.75) is 32.4 Å². The van der Waals surface area contributed by atoms with Gasteiger partial charge in [0, 0.05) is 24.5 Å². The molecule has 1 saturated heterocycles. The van der Waals surface area contributed by atoms with Crippen LogP contribution in [0.5, 0.6) is 5.75 Å². The fraction of sp³-hybridized carbons (Fsp3) is 0.333. The van der Waals surface area contributed by atoms with Crippen molar-refractivity contribution in [1.29, 1.82) is 0 Å². The molecule has 2 aromatic heterocycles. The lowest BCUT2D eigenvalue weighted by Crippen LogP contribution is -2.24. The Morgan fingerprint density at radius 1 is 1.19 bits per heavy atom. The van der Waals surface area contributed by atoms with Crippen molar-refractivity contribution in [3.63, 3.8) is 0 Å². The maximum absolute atomic E-state index is 5.64. The van der Waals surface area contributed by atoms with Crippen LogP contribution in [-0.2, 0) is 6.54 Å². The highest BCUT2D eigenvalue weighted by Crippen LogP contribution is 2.34. The molecule has 0 saturated carbocycles. The van der Waals surface area contributed by atoms with Crippen LogP contribution in [0.4, 0.5) is 0 Å². The molecule has 3 heterocycles. The largest absolute Gasteiger partial charge is 0.496 e. The molecule has 1 aliphatic heterocycles. The minimum atomic E-state index is 0.337. The Bertz CT molecular complexity index is 875. The highest BCUT2D eigenvalue weighted by molar-refractivity contribution is 5.40. The van der Waals surface area contributed by atoms with E-state index in [0.29, 0.717) is 6.04 Å². The molecule has 5 heteroatoms. The molecule has 5 nitrogen and oxygen atoms in total. The first-order chi connectivity index (χ1) is 12.8. The van der Waals surface area contributed by atoms with Crippen molar-refractivity contribution in [3.05, 3.63) is 71.9 Å². The first-order valence-corrected chi connectivity index (χ1v) is 9.08. The van der Waals surface area contributed by atoms with Crippen LogP contribution in [0.1, 0.15) is 35.7 Å². The fourth-order valence-corrected chi connectivity index (χ4v) is 3.86. The monoisotopic (exact) mass is 348 g/mol. The first kappa shape index (κ1) is 16.8. The predicted molar refractivity (Wildman–Crippen MR) is 101 cm³/mol. The normalized spacial score (nSPS) is 17.5. The number of ether oxygens (including phenoxy) is 1. The van der Waals surface area contributed by atoms with Crippen LogP contribution in [-0.4, -0.2) is 33.1 Å². The molecule has 0 unspecified atom stereocenters. The minimum Gasteiger partial charge on any atom is -0.496 e. The third-order valence-corrected chi connectivity index (χ3v) is 5.10. The van der Waals surface area contributed by atoms with Gasteiger partial charge in [-0.1, -0.05) is 24.3 Å². The SMILES string of the molecule is COc1c(C)cccc1CN1CCC[C@@H]1c1cccc(-n2ccnc2)n1. The second-order valence-corrected chi connectivity index (χ2v) is 6.79. The molecule has 1 aliphatic rings. The van der Waals surface area contributed by atoms with Gasteiger partial charge in [-0.25, -0.2) is 9.97 Å². The Morgan fingerprint density at radius 2 is 2.08 bits per heavy atom. The van der Waals surface area contributed by atoms with Crippen LogP contribution in [0.25, 0.3) is 5.82 Å². The van der Waals surface area contributed by atoms with E-state index in [0.717, 1.165) is 36.8 Å². The van der Waals surface area contributed by atoms with Crippen LogP contribution in [0.15, 0.2) is 55.1 Å². The van der Waals surface area contributed by atoms with E-state index in [2.05, 4.69) is 47.1 Å². The summed E-state index contributed by atoms with van der Waals surface area (Å²) >= 11 is 0. The molecule has 1 fully saturated rings. The summed E-state index contributed by atoms with van der Waals surface area (Å²) in [5, 5.41) is 0. The summed E-state index contributed by atoms with van der Waals surface area (Å²) in [7, 11) is 1.75. The number of pyridine rings is 1. The van der Waals surface area contributed by atoms with E-state index >= 15 is 0 Å². The van der Waals surface area contributed by atoms with Gasteiger partial charge >= 0.3 is 0 Å². The Labute approximate surface area is 154 Å². The number of hydrogen-bond acceptors (Lipinski definition) is 4. The number of methoxy groups -OCH3 is 1. The van der Waals surface area contributed by atoms with Gasteiger partial charge in [-0.05, 0) is 44.0 Å². The van der Waals surface area contributed by atoms with Crippen LogP contribution in [0.3, 0.4) is 0 Å². The molecule has 26 heavy (non-hydrogen) atoms. The van der Waals surface area contributed by atoms with Crippen LogP contribution >= 0.6 is 0 Å². The van der Waals surface area contributed by atoms with Gasteiger partial charge in [0.05, 0.1) is 18.8 Å². The Kier molecular flexibility index (Phi) is 4.71.